The van der Waals surface area contributed by atoms with E-state index in [4.69, 9.17) is 0 Å². The standard InChI is InChI=1S/C24H30N2O2S2/c1-29-21-11-3-17(4-12-21)15-25-23(27)19-7-9-20(10-8-19)24(28)26-16-18-5-13-22(30-2)14-6-18/h3-6,11-14,19-20H,7-10,15-16H2,1-2H3,(H,25,27)(H,26,28). The maximum absolute atomic E-state index is 12.5. The molecule has 2 amide bonds. The van der Waals surface area contributed by atoms with E-state index in [-0.39, 0.29) is 23.7 Å². The smallest absolute Gasteiger partial charge is 0.223 e. The summed E-state index contributed by atoms with van der Waals surface area (Å²) in [5.41, 5.74) is 2.22. The van der Waals surface area contributed by atoms with Crippen LogP contribution in [0.4, 0.5) is 0 Å². The lowest BCUT2D eigenvalue weighted by atomic mass is 9.81. The van der Waals surface area contributed by atoms with E-state index in [1.807, 2.05) is 0 Å². The van der Waals surface area contributed by atoms with Crippen LogP contribution in [0.5, 0.6) is 0 Å². The molecule has 0 saturated heterocycles. The Hall–Kier alpha value is -1.92. The Morgan fingerprint density at radius 1 is 0.700 bits per heavy atom. The SMILES string of the molecule is CSc1ccc(CNC(=O)C2CCC(C(=O)NCc3ccc(SC)cc3)CC2)cc1. The first-order chi connectivity index (χ1) is 14.6. The van der Waals surface area contributed by atoms with Crippen molar-refractivity contribution >= 4 is 35.3 Å². The number of carbonyl (C=O) groups excluding carboxylic acids is 2. The van der Waals surface area contributed by atoms with Crippen molar-refractivity contribution in [3.05, 3.63) is 59.7 Å². The lowest BCUT2D eigenvalue weighted by Gasteiger charge is -2.27. The molecule has 4 nitrogen and oxygen atoms in total. The van der Waals surface area contributed by atoms with E-state index in [0.717, 1.165) is 36.8 Å². The number of rotatable bonds is 8. The van der Waals surface area contributed by atoms with Gasteiger partial charge in [-0.15, -0.1) is 23.5 Å². The van der Waals surface area contributed by atoms with Crippen LogP contribution < -0.4 is 10.6 Å². The fourth-order valence-electron chi connectivity index (χ4n) is 3.77. The van der Waals surface area contributed by atoms with Gasteiger partial charge in [-0.1, -0.05) is 24.3 Å². The monoisotopic (exact) mass is 442 g/mol. The van der Waals surface area contributed by atoms with Crippen molar-refractivity contribution in [2.45, 2.75) is 48.6 Å². The molecule has 2 aromatic carbocycles. The summed E-state index contributed by atoms with van der Waals surface area (Å²) in [5.74, 6) is 0.241. The summed E-state index contributed by atoms with van der Waals surface area (Å²) in [6, 6.07) is 16.5. The molecular formula is C24H30N2O2S2. The summed E-state index contributed by atoms with van der Waals surface area (Å²) < 4.78 is 0. The molecule has 0 bridgehead atoms. The van der Waals surface area contributed by atoms with Crippen LogP contribution in [0.15, 0.2) is 58.3 Å². The highest BCUT2D eigenvalue weighted by molar-refractivity contribution is 7.98. The van der Waals surface area contributed by atoms with Gasteiger partial charge in [-0.05, 0) is 73.6 Å². The zero-order valence-electron chi connectivity index (χ0n) is 17.6. The predicted octanol–water partition coefficient (Wildman–Crippen LogP) is 4.87. The molecule has 160 valence electrons. The van der Waals surface area contributed by atoms with Gasteiger partial charge in [0.25, 0.3) is 0 Å². The molecule has 0 spiro atoms. The van der Waals surface area contributed by atoms with Crippen LogP contribution in [0.25, 0.3) is 0 Å². The van der Waals surface area contributed by atoms with Crippen molar-refractivity contribution in [3.8, 4) is 0 Å². The van der Waals surface area contributed by atoms with E-state index in [0.29, 0.717) is 13.1 Å². The number of benzene rings is 2. The maximum Gasteiger partial charge on any atom is 0.223 e. The van der Waals surface area contributed by atoms with E-state index in [9.17, 15) is 9.59 Å². The predicted molar refractivity (Wildman–Crippen MR) is 126 cm³/mol. The number of nitrogens with one attached hydrogen (secondary N) is 2. The van der Waals surface area contributed by atoms with Crippen LogP contribution in [-0.4, -0.2) is 24.3 Å². The normalized spacial score (nSPS) is 18.6. The van der Waals surface area contributed by atoms with Gasteiger partial charge >= 0.3 is 0 Å². The van der Waals surface area contributed by atoms with Crippen LogP contribution in [-0.2, 0) is 22.7 Å². The minimum atomic E-state index is 0.0126. The summed E-state index contributed by atoms with van der Waals surface area (Å²) >= 11 is 3.42. The molecule has 0 radical (unpaired) electrons. The lowest BCUT2D eigenvalue weighted by Crippen LogP contribution is -2.37. The average Bonchev–Trinajstić information content (AvgIpc) is 2.81. The first-order valence-corrected chi connectivity index (χ1v) is 12.8. The van der Waals surface area contributed by atoms with Gasteiger partial charge in [0, 0.05) is 34.7 Å². The second-order valence-electron chi connectivity index (χ2n) is 7.68. The number of amides is 2. The highest BCUT2D eigenvalue weighted by atomic mass is 32.2. The maximum atomic E-state index is 12.5. The molecule has 30 heavy (non-hydrogen) atoms. The van der Waals surface area contributed by atoms with E-state index >= 15 is 0 Å². The summed E-state index contributed by atoms with van der Waals surface area (Å²) in [6.07, 6.45) is 7.21. The molecule has 0 heterocycles. The van der Waals surface area contributed by atoms with Crippen LogP contribution in [0.3, 0.4) is 0 Å². The third kappa shape index (κ3) is 6.54. The third-order valence-electron chi connectivity index (χ3n) is 5.72. The minimum absolute atomic E-state index is 0.0126. The molecule has 3 rings (SSSR count). The van der Waals surface area contributed by atoms with Gasteiger partial charge in [-0.2, -0.15) is 0 Å². The third-order valence-corrected chi connectivity index (χ3v) is 7.21. The lowest BCUT2D eigenvalue weighted by molar-refractivity contribution is -0.130. The van der Waals surface area contributed by atoms with Crippen molar-refractivity contribution < 1.29 is 9.59 Å². The first-order valence-electron chi connectivity index (χ1n) is 10.4. The molecule has 0 aliphatic heterocycles. The largest absolute Gasteiger partial charge is 0.352 e. The fourth-order valence-corrected chi connectivity index (χ4v) is 4.59. The van der Waals surface area contributed by atoms with Gasteiger partial charge in [-0.3, -0.25) is 9.59 Å². The Bertz CT molecular complexity index is 758. The second kappa shape index (κ2) is 11.5. The number of thioether (sulfide) groups is 2. The summed E-state index contributed by atoms with van der Waals surface area (Å²) in [6.45, 7) is 1.12. The number of hydrogen-bond acceptors (Lipinski definition) is 4. The summed E-state index contributed by atoms with van der Waals surface area (Å²) in [7, 11) is 0. The van der Waals surface area contributed by atoms with Crippen molar-refractivity contribution in [3.63, 3.8) is 0 Å². The van der Waals surface area contributed by atoms with Gasteiger partial charge in [0.1, 0.15) is 0 Å². The Morgan fingerprint density at radius 2 is 1.03 bits per heavy atom. The molecule has 2 N–H and O–H groups in total. The molecule has 1 fully saturated rings. The molecule has 1 aliphatic carbocycles. The quantitative estimate of drug-likeness (QED) is 0.573. The van der Waals surface area contributed by atoms with Crippen LogP contribution in [0.2, 0.25) is 0 Å². The Kier molecular flexibility index (Phi) is 8.70. The number of carbonyl (C=O) groups is 2. The molecule has 1 saturated carbocycles. The Balaban J connectivity index is 1.38. The van der Waals surface area contributed by atoms with Gasteiger partial charge in [-0.25, -0.2) is 0 Å². The molecular weight excluding hydrogens is 412 g/mol. The summed E-state index contributed by atoms with van der Waals surface area (Å²) in [4.78, 5) is 27.5. The van der Waals surface area contributed by atoms with E-state index in [2.05, 4.69) is 71.7 Å². The van der Waals surface area contributed by atoms with Crippen molar-refractivity contribution in [2.24, 2.45) is 11.8 Å². The zero-order valence-corrected chi connectivity index (χ0v) is 19.3. The highest BCUT2D eigenvalue weighted by Crippen LogP contribution is 2.29. The zero-order chi connectivity index (χ0) is 21.3. The average molecular weight is 443 g/mol. The molecule has 0 unspecified atom stereocenters. The highest BCUT2D eigenvalue weighted by Gasteiger charge is 2.29. The van der Waals surface area contributed by atoms with Crippen LogP contribution in [0.1, 0.15) is 36.8 Å². The molecule has 6 heteroatoms. The van der Waals surface area contributed by atoms with Gasteiger partial charge in [0.2, 0.25) is 11.8 Å². The Morgan fingerprint density at radius 3 is 1.33 bits per heavy atom. The van der Waals surface area contributed by atoms with Crippen molar-refractivity contribution in [2.75, 3.05) is 12.5 Å². The number of hydrogen-bond donors (Lipinski definition) is 2. The summed E-state index contributed by atoms with van der Waals surface area (Å²) in [5, 5.41) is 6.12. The van der Waals surface area contributed by atoms with Crippen molar-refractivity contribution in [1.82, 2.24) is 10.6 Å². The second-order valence-corrected chi connectivity index (χ2v) is 9.44. The van der Waals surface area contributed by atoms with Gasteiger partial charge in [0.15, 0.2) is 0 Å². The van der Waals surface area contributed by atoms with E-state index < -0.39 is 0 Å². The molecule has 1 aliphatic rings. The van der Waals surface area contributed by atoms with Crippen LogP contribution in [0, 0.1) is 11.8 Å². The molecule has 0 atom stereocenters. The van der Waals surface area contributed by atoms with E-state index in [1.165, 1.54) is 9.79 Å². The van der Waals surface area contributed by atoms with Crippen molar-refractivity contribution in [1.29, 1.82) is 0 Å². The minimum Gasteiger partial charge on any atom is -0.352 e. The molecule has 0 aromatic heterocycles. The fraction of sp³-hybridized carbons (Fsp3) is 0.417. The topological polar surface area (TPSA) is 58.2 Å². The van der Waals surface area contributed by atoms with E-state index in [1.54, 1.807) is 23.5 Å². The van der Waals surface area contributed by atoms with Gasteiger partial charge < -0.3 is 10.6 Å². The Labute approximate surface area is 188 Å². The van der Waals surface area contributed by atoms with Crippen LogP contribution >= 0.6 is 23.5 Å². The van der Waals surface area contributed by atoms with Gasteiger partial charge in [0.05, 0.1) is 0 Å². The molecule has 2 aromatic rings. The first kappa shape index (κ1) is 22.8.